The summed E-state index contributed by atoms with van der Waals surface area (Å²) in [7, 11) is 2.64. The standard InChI is InChI=1S/C26H21NO5/c1-30-25(28)21-22(26(29)31-2)24-17-12-6-8-14-19(17)32-20-15-9-7-13-18(20)27(24)23(21)16-10-4-3-5-11-16/h3-15,23-24H,1-2H3/t23-,24+/m1/s1. The molecule has 0 aromatic heterocycles. The third-order valence-electron chi connectivity index (χ3n) is 5.90. The van der Waals surface area contributed by atoms with Gasteiger partial charge in [0.1, 0.15) is 5.75 Å². The minimum atomic E-state index is -0.596. The van der Waals surface area contributed by atoms with Gasteiger partial charge in [-0.15, -0.1) is 0 Å². The number of rotatable bonds is 3. The van der Waals surface area contributed by atoms with Crippen LogP contribution in [0.2, 0.25) is 0 Å². The van der Waals surface area contributed by atoms with Gasteiger partial charge in [-0.2, -0.15) is 0 Å². The average Bonchev–Trinajstić information content (AvgIpc) is 3.12. The summed E-state index contributed by atoms with van der Waals surface area (Å²) in [6.45, 7) is 0. The second-order valence-electron chi connectivity index (χ2n) is 7.54. The summed E-state index contributed by atoms with van der Waals surface area (Å²) in [5.41, 5.74) is 2.90. The molecule has 3 aromatic rings. The van der Waals surface area contributed by atoms with E-state index in [4.69, 9.17) is 14.2 Å². The molecule has 0 unspecified atom stereocenters. The molecule has 0 spiro atoms. The van der Waals surface area contributed by atoms with Gasteiger partial charge >= 0.3 is 11.9 Å². The van der Waals surface area contributed by atoms with Gasteiger partial charge in [0.05, 0.1) is 43.1 Å². The lowest BCUT2D eigenvalue weighted by Crippen LogP contribution is -2.30. The molecule has 6 heteroatoms. The van der Waals surface area contributed by atoms with Crippen molar-refractivity contribution < 1.29 is 23.8 Å². The number of nitrogens with zero attached hydrogens (tertiary/aromatic N) is 1. The van der Waals surface area contributed by atoms with Crippen molar-refractivity contribution in [3.8, 4) is 11.5 Å². The van der Waals surface area contributed by atoms with Crippen molar-refractivity contribution >= 4 is 17.6 Å². The Hall–Kier alpha value is -4.06. The Balaban J connectivity index is 1.88. The van der Waals surface area contributed by atoms with E-state index >= 15 is 0 Å². The summed E-state index contributed by atoms with van der Waals surface area (Å²) in [5.74, 6) is 0.113. The van der Waals surface area contributed by atoms with Crippen molar-refractivity contribution in [3.05, 3.63) is 101 Å². The van der Waals surface area contributed by atoms with Crippen molar-refractivity contribution in [2.45, 2.75) is 12.1 Å². The van der Waals surface area contributed by atoms with Crippen LogP contribution in [0.25, 0.3) is 0 Å². The van der Waals surface area contributed by atoms with Crippen molar-refractivity contribution in [2.24, 2.45) is 0 Å². The molecular weight excluding hydrogens is 406 g/mol. The molecule has 2 atom stereocenters. The largest absolute Gasteiger partial charge is 0.466 e. The third kappa shape index (κ3) is 2.95. The maximum Gasteiger partial charge on any atom is 0.336 e. The first-order valence-electron chi connectivity index (χ1n) is 10.3. The number of hydrogen-bond donors (Lipinski definition) is 0. The zero-order valence-corrected chi connectivity index (χ0v) is 17.6. The van der Waals surface area contributed by atoms with Crippen molar-refractivity contribution in [1.82, 2.24) is 0 Å². The van der Waals surface area contributed by atoms with Crippen LogP contribution in [-0.2, 0) is 19.1 Å². The van der Waals surface area contributed by atoms with Gasteiger partial charge in [0.2, 0.25) is 0 Å². The second-order valence-corrected chi connectivity index (χ2v) is 7.54. The molecule has 0 amide bonds. The van der Waals surface area contributed by atoms with E-state index in [2.05, 4.69) is 4.90 Å². The lowest BCUT2D eigenvalue weighted by molar-refractivity contribution is -0.139. The van der Waals surface area contributed by atoms with Crippen molar-refractivity contribution in [3.63, 3.8) is 0 Å². The SMILES string of the molecule is COC(=O)C1=C(C(=O)OC)[C@@H](c2ccccc2)N2c3ccccc3Oc3ccccc3[C@@H]12. The Morgan fingerprint density at radius 1 is 0.719 bits per heavy atom. The van der Waals surface area contributed by atoms with E-state index < -0.39 is 24.0 Å². The molecule has 2 aliphatic heterocycles. The Bertz CT molecular complexity index is 1230. The highest BCUT2D eigenvalue weighted by atomic mass is 16.5. The van der Waals surface area contributed by atoms with Crippen LogP contribution in [0, 0.1) is 0 Å². The molecule has 0 N–H and O–H groups in total. The third-order valence-corrected chi connectivity index (χ3v) is 5.90. The molecule has 0 saturated heterocycles. The number of hydrogen-bond acceptors (Lipinski definition) is 6. The van der Waals surface area contributed by atoms with Crippen LogP contribution in [0.1, 0.15) is 23.2 Å². The Morgan fingerprint density at radius 2 is 1.28 bits per heavy atom. The fourth-order valence-corrected chi connectivity index (χ4v) is 4.61. The predicted molar refractivity (Wildman–Crippen MR) is 118 cm³/mol. The molecule has 32 heavy (non-hydrogen) atoms. The average molecular weight is 427 g/mol. The van der Waals surface area contributed by atoms with Gasteiger partial charge in [0.15, 0.2) is 5.75 Å². The normalized spacial score (nSPS) is 18.6. The van der Waals surface area contributed by atoms with Gasteiger partial charge < -0.3 is 19.1 Å². The first-order valence-corrected chi connectivity index (χ1v) is 10.3. The summed E-state index contributed by atoms with van der Waals surface area (Å²) in [6.07, 6.45) is 0. The van der Waals surface area contributed by atoms with Gasteiger partial charge in [-0.1, -0.05) is 60.7 Å². The van der Waals surface area contributed by atoms with Crippen LogP contribution in [0.4, 0.5) is 5.69 Å². The zero-order valence-electron chi connectivity index (χ0n) is 17.6. The summed E-state index contributed by atoms with van der Waals surface area (Å²) in [6, 6.07) is 23.6. The maximum absolute atomic E-state index is 13.2. The summed E-state index contributed by atoms with van der Waals surface area (Å²) in [4.78, 5) is 28.3. The number of para-hydroxylation sites is 3. The Morgan fingerprint density at radius 3 is 1.97 bits per heavy atom. The topological polar surface area (TPSA) is 65.1 Å². The first-order chi connectivity index (χ1) is 15.7. The van der Waals surface area contributed by atoms with Crippen LogP contribution < -0.4 is 9.64 Å². The number of esters is 2. The van der Waals surface area contributed by atoms with E-state index in [0.717, 1.165) is 16.8 Å². The molecule has 160 valence electrons. The van der Waals surface area contributed by atoms with Crippen molar-refractivity contribution in [2.75, 3.05) is 19.1 Å². The molecule has 6 nitrogen and oxygen atoms in total. The minimum Gasteiger partial charge on any atom is -0.466 e. The number of benzene rings is 3. The van der Waals surface area contributed by atoms with E-state index in [9.17, 15) is 9.59 Å². The quantitative estimate of drug-likeness (QED) is 0.563. The van der Waals surface area contributed by atoms with E-state index in [-0.39, 0.29) is 11.1 Å². The molecule has 0 fully saturated rings. The molecule has 2 aliphatic rings. The summed E-state index contributed by atoms with van der Waals surface area (Å²) < 4.78 is 16.6. The number of carbonyl (C=O) groups is 2. The monoisotopic (exact) mass is 427 g/mol. The molecule has 3 aromatic carbocycles. The lowest BCUT2D eigenvalue weighted by Gasteiger charge is -2.33. The highest BCUT2D eigenvalue weighted by Crippen LogP contribution is 2.56. The maximum atomic E-state index is 13.2. The van der Waals surface area contributed by atoms with E-state index in [1.807, 2.05) is 78.9 Å². The molecule has 0 radical (unpaired) electrons. The molecule has 0 saturated carbocycles. The van der Waals surface area contributed by atoms with Crippen LogP contribution >= 0.6 is 0 Å². The van der Waals surface area contributed by atoms with Gasteiger partial charge in [-0.05, 0) is 23.8 Å². The number of anilines is 1. The highest BCUT2D eigenvalue weighted by Gasteiger charge is 2.50. The fraction of sp³-hybridized carbons (Fsp3) is 0.154. The lowest BCUT2D eigenvalue weighted by atomic mass is 9.94. The van der Waals surface area contributed by atoms with Crippen LogP contribution in [0.5, 0.6) is 11.5 Å². The van der Waals surface area contributed by atoms with Crippen LogP contribution in [-0.4, -0.2) is 26.2 Å². The van der Waals surface area contributed by atoms with Gasteiger partial charge in [0, 0.05) is 5.56 Å². The molecule has 5 rings (SSSR count). The van der Waals surface area contributed by atoms with Gasteiger partial charge in [-0.3, -0.25) is 0 Å². The Kier molecular flexibility index (Phi) is 4.90. The number of carbonyl (C=O) groups excluding carboxylic acids is 2. The van der Waals surface area contributed by atoms with E-state index in [1.54, 1.807) is 0 Å². The van der Waals surface area contributed by atoms with E-state index in [1.165, 1.54) is 14.2 Å². The predicted octanol–water partition coefficient (Wildman–Crippen LogP) is 4.74. The van der Waals surface area contributed by atoms with Crippen molar-refractivity contribution in [1.29, 1.82) is 0 Å². The zero-order chi connectivity index (χ0) is 22.2. The Labute approximate surface area is 185 Å². The molecule has 0 aliphatic carbocycles. The first kappa shape index (κ1) is 19.9. The van der Waals surface area contributed by atoms with Crippen LogP contribution in [0.15, 0.2) is 90.0 Å². The number of ether oxygens (including phenoxy) is 3. The number of methoxy groups -OCH3 is 2. The molecule has 2 heterocycles. The smallest absolute Gasteiger partial charge is 0.336 e. The summed E-state index contributed by atoms with van der Waals surface area (Å²) in [5, 5.41) is 0. The minimum absolute atomic E-state index is 0.251. The van der Waals surface area contributed by atoms with Crippen LogP contribution in [0.3, 0.4) is 0 Å². The molecule has 0 bridgehead atoms. The second kappa shape index (κ2) is 7.89. The van der Waals surface area contributed by atoms with Gasteiger partial charge in [0.25, 0.3) is 0 Å². The summed E-state index contributed by atoms with van der Waals surface area (Å²) >= 11 is 0. The molecular formula is C26H21NO5. The van der Waals surface area contributed by atoms with E-state index in [0.29, 0.717) is 11.5 Å². The van der Waals surface area contributed by atoms with Gasteiger partial charge in [-0.25, -0.2) is 9.59 Å². The fourth-order valence-electron chi connectivity index (χ4n) is 4.61. The highest BCUT2D eigenvalue weighted by molar-refractivity contribution is 6.05. The number of fused-ring (bicyclic) bond motifs is 5.